The van der Waals surface area contributed by atoms with Crippen LogP contribution in [0.3, 0.4) is 0 Å². The number of unbranched alkanes of at least 4 members (excludes halogenated alkanes) is 1. The highest BCUT2D eigenvalue weighted by atomic mass is 79.9. The second-order valence-electron chi connectivity index (χ2n) is 4.42. The Bertz CT molecular complexity index is 382. The molecule has 0 aliphatic rings. The first-order valence-corrected chi connectivity index (χ1v) is 7.25. The molecular formula is C14H20BrF2N. The van der Waals surface area contributed by atoms with Crippen molar-refractivity contribution >= 4 is 15.9 Å². The van der Waals surface area contributed by atoms with Gasteiger partial charge >= 0.3 is 0 Å². The lowest BCUT2D eigenvalue weighted by Gasteiger charge is -2.18. The smallest absolute Gasteiger partial charge is 0.143 e. The van der Waals surface area contributed by atoms with Gasteiger partial charge in [0, 0.05) is 11.6 Å². The molecule has 1 unspecified atom stereocenters. The molecule has 0 spiro atoms. The molecule has 0 saturated carbocycles. The van der Waals surface area contributed by atoms with Gasteiger partial charge in [-0.2, -0.15) is 0 Å². The monoisotopic (exact) mass is 319 g/mol. The molecule has 1 nitrogen and oxygen atoms in total. The first-order valence-electron chi connectivity index (χ1n) is 6.45. The van der Waals surface area contributed by atoms with E-state index in [9.17, 15) is 8.78 Å². The molecule has 1 atom stereocenters. The van der Waals surface area contributed by atoms with Crippen molar-refractivity contribution < 1.29 is 8.78 Å². The molecule has 1 rings (SSSR count). The lowest BCUT2D eigenvalue weighted by atomic mass is 10.00. The van der Waals surface area contributed by atoms with Crippen LogP contribution in [-0.4, -0.2) is 12.6 Å². The summed E-state index contributed by atoms with van der Waals surface area (Å²) >= 11 is 3.10. The van der Waals surface area contributed by atoms with E-state index in [1.165, 1.54) is 12.1 Å². The van der Waals surface area contributed by atoms with Gasteiger partial charge in [0.2, 0.25) is 0 Å². The normalized spacial score (nSPS) is 12.7. The van der Waals surface area contributed by atoms with Gasteiger partial charge in [-0.15, -0.1) is 0 Å². The molecule has 0 heterocycles. The number of rotatable bonds is 7. The molecule has 102 valence electrons. The second-order valence-corrected chi connectivity index (χ2v) is 5.28. The summed E-state index contributed by atoms with van der Waals surface area (Å²) in [5.74, 6) is -0.940. The number of likely N-dealkylation sites (N-methyl/N-ethyl adjacent to an activating group) is 1. The quantitative estimate of drug-likeness (QED) is 0.733. The van der Waals surface area contributed by atoms with Crippen LogP contribution in [0.5, 0.6) is 0 Å². The Morgan fingerprint density at radius 3 is 2.61 bits per heavy atom. The van der Waals surface area contributed by atoms with Gasteiger partial charge in [0.1, 0.15) is 11.6 Å². The maximum Gasteiger partial charge on any atom is 0.143 e. The Morgan fingerprint density at radius 2 is 2.00 bits per heavy atom. The van der Waals surface area contributed by atoms with Crippen LogP contribution in [0.15, 0.2) is 16.6 Å². The zero-order valence-electron chi connectivity index (χ0n) is 10.9. The first-order chi connectivity index (χ1) is 8.60. The summed E-state index contributed by atoms with van der Waals surface area (Å²) in [6.07, 6.45) is 3.49. The molecule has 4 heteroatoms. The van der Waals surface area contributed by atoms with Crippen molar-refractivity contribution in [3.05, 3.63) is 33.8 Å². The van der Waals surface area contributed by atoms with Crippen molar-refractivity contribution in [2.45, 2.75) is 45.6 Å². The van der Waals surface area contributed by atoms with Gasteiger partial charge in [0.05, 0.1) is 4.47 Å². The van der Waals surface area contributed by atoms with E-state index in [0.717, 1.165) is 25.8 Å². The van der Waals surface area contributed by atoms with Crippen LogP contribution >= 0.6 is 15.9 Å². The zero-order valence-corrected chi connectivity index (χ0v) is 12.5. The van der Waals surface area contributed by atoms with Crippen molar-refractivity contribution in [3.8, 4) is 0 Å². The summed E-state index contributed by atoms with van der Waals surface area (Å²) in [4.78, 5) is 0. The van der Waals surface area contributed by atoms with Gasteiger partial charge in [-0.25, -0.2) is 8.78 Å². The molecule has 1 N–H and O–H groups in total. The standard InChI is InChI=1S/C14H20BrF2N/c1-3-5-6-10(18-4-2)9-11-13(16)8-7-12(15)14(11)17/h7-8,10,18H,3-6,9H2,1-2H3. The van der Waals surface area contributed by atoms with Crippen LogP contribution in [0.4, 0.5) is 8.78 Å². The number of halogens is 3. The average Bonchev–Trinajstić information content (AvgIpc) is 2.36. The predicted octanol–water partition coefficient (Wildman–Crippen LogP) is 4.44. The Labute approximate surface area is 116 Å². The predicted molar refractivity (Wildman–Crippen MR) is 74.8 cm³/mol. The fourth-order valence-corrected chi connectivity index (χ4v) is 2.39. The summed E-state index contributed by atoms with van der Waals surface area (Å²) in [6.45, 7) is 4.93. The maximum atomic E-state index is 13.9. The van der Waals surface area contributed by atoms with Crippen LogP contribution in [0.25, 0.3) is 0 Å². The Morgan fingerprint density at radius 1 is 1.28 bits per heavy atom. The van der Waals surface area contributed by atoms with E-state index in [0.29, 0.717) is 10.9 Å². The fraction of sp³-hybridized carbons (Fsp3) is 0.571. The number of hydrogen-bond acceptors (Lipinski definition) is 1. The first kappa shape index (κ1) is 15.6. The molecular weight excluding hydrogens is 300 g/mol. The summed E-state index contributed by atoms with van der Waals surface area (Å²) in [6, 6.07) is 2.85. The summed E-state index contributed by atoms with van der Waals surface area (Å²) in [5.41, 5.74) is 0.173. The van der Waals surface area contributed by atoms with Crippen LogP contribution in [0.1, 0.15) is 38.7 Å². The summed E-state index contributed by atoms with van der Waals surface area (Å²) in [7, 11) is 0. The van der Waals surface area contributed by atoms with Crippen molar-refractivity contribution in [1.82, 2.24) is 5.32 Å². The SMILES string of the molecule is CCCCC(Cc1c(F)ccc(Br)c1F)NCC. The van der Waals surface area contributed by atoms with E-state index in [2.05, 4.69) is 28.2 Å². The minimum Gasteiger partial charge on any atom is -0.314 e. The molecule has 1 aromatic carbocycles. The highest BCUT2D eigenvalue weighted by Gasteiger charge is 2.17. The Hall–Kier alpha value is -0.480. The van der Waals surface area contributed by atoms with E-state index < -0.39 is 11.6 Å². The third kappa shape index (κ3) is 4.32. The van der Waals surface area contributed by atoms with E-state index >= 15 is 0 Å². The molecule has 0 fully saturated rings. The Kier molecular flexibility index (Phi) is 6.79. The van der Waals surface area contributed by atoms with Gasteiger partial charge in [0.15, 0.2) is 0 Å². The minimum atomic E-state index is -0.477. The van der Waals surface area contributed by atoms with Gasteiger partial charge in [-0.05, 0) is 47.4 Å². The lowest BCUT2D eigenvalue weighted by Crippen LogP contribution is -2.31. The van der Waals surface area contributed by atoms with Gasteiger partial charge in [-0.3, -0.25) is 0 Å². The van der Waals surface area contributed by atoms with Crippen LogP contribution in [0.2, 0.25) is 0 Å². The molecule has 0 aliphatic carbocycles. The maximum absolute atomic E-state index is 13.9. The third-order valence-electron chi connectivity index (χ3n) is 2.99. The van der Waals surface area contributed by atoms with E-state index in [4.69, 9.17) is 0 Å². The highest BCUT2D eigenvalue weighted by Crippen LogP contribution is 2.23. The fourth-order valence-electron chi connectivity index (χ4n) is 2.02. The number of nitrogens with one attached hydrogen (secondary N) is 1. The van der Waals surface area contributed by atoms with Crippen LogP contribution in [0, 0.1) is 11.6 Å². The molecule has 0 aliphatic heterocycles. The third-order valence-corrected chi connectivity index (χ3v) is 3.60. The van der Waals surface area contributed by atoms with Gasteiger partial charge in [-0.1, -0.05) is 26.7 Å². The molecule has 0 radical (unpaired) electrons. The van der Waals surface area contributed by atoms with Crippen molar-refractivity contribution in [3.63, 3.8) is 0 Å². The topological polar surface area (TPSA) is 12.0 Å². The van der Waals surface area contributed by atoms with E-state index in [-0.39, 0.29) is 11.6 Å². The van der Waals surface area contributed by atoms with E-state index in [1.807, 2.05) is 6.92 Å². The van der Waals surface area contributed by atoms with Crippen LogP contribution < -0.4 is 5.32 Å². The second kappa shape index (κ2) is 7.85. The van der Waals surface area contributed by atoms with Crippen molar-refractivity contribution in [1.29, 1.82) is 0 Å². The largest absolute Gasteiger partial charge is 0.314 e. The molecule has 0 amide bonds. The Balaban J connectivity index is 2.82. The number of benzene rings is 1. The molecule has 0 saturated heterocycles. The number of hydrogen-bond donors (Lipinski definition) is 1. The summed E-state index contributed by atoms with van der Waals surface area (Å²) in [5, 5.41) is 3.29. The lowest BCUT2D eigenvalue weighted by molar-refractivity contribution is 0.451. The molecule has 18 heavy (non-hydrogen) atoms. The van der Waals surface area contributed by atoms with Gasteiger partial charge in [0.25, 0.3) is 0 Å². The minimum absolute atomic E-state index is 0.133. The molecule has 0 bridgehead atoms. The average molecular weight is 320 g/mol. The van der Waals surface area contributed by atoms with Crippen molar-refractivity contribution in [2.75, 3.05) is 6.54 Å². The van der Waals surface area contributed by atoms with E-state index in [1.54, 1.807) is 0 Å². The van der Waals surface area contributed by atoms with Gasteiger partial charge < -0.3 is 5.32 Å². The molecule has 1 aromatic rings. The van der Waals surface area contributed by atoms with Crippen LogP contribution in [-0.2, 0) is 6.42 Å². The molecule has 0 aromatic heterocycles. The highest BCUT2D eigenvalue weighted by molar-refractivity contribution is 9.10. The zero-order chi connectivity index (χ0) is 13.5. The summed E-state index contributed by atoms with van der Waals surface area (Å²) < 4.78 is 27.9. The van der Waals surface area contributed by atoms with Crippen molar-refractivity contribution in [2.24, 2.45) is 0 Å².